The maximum Gasteiger partial charge on any atom is 0.325 e. The van der Waals surface area contributed by atoms with Crippen molar-refractivity contribution in [2.75, 3.05) is 27.2 Å². The average Bonchev–Trinajstić information content (AvgIpc) is 2.45. The van der Waals surface area contributed by atoms with Gasteiger partial charge in [-0.05, 0) is 65.5 Å². The molecule has 0 amide bonds. The molecule has 1 saturated heterocycles. The Kier molecular flexibility index (Phi) is 6.96. The first-order valence-corrected chi connectivity index (χ1v) is 7.94. The van der Waals surface area contributed by atoms with E-state index in [0.717, 1.165) is 31.7 Å². The van der Waals surface area contributed by atoms with Crippen LogP contribution in [-0.4, -0.2) is 49.7 Å². The molecule has 0 aromatic carbocycles. The molecule has 0 aromatic heterocycles. The summed E-state index contributed by atoms with van der Waals surface area (Å²) >= 11 is 0. The third-order valence-electron chi connectivity index (χ3n) is 4.81. The van der Waals surface area contributed by atoms with Crippen LogP contribution >= 0.6 is 0 Å². The van der Waals surface area contributed by atoms with Crippen LogP contribution in [0.25, 0.3) is 0 Å². The third-order valence-corrected chi connectivity index (χ3v) is 4.81. The van der Waals surface area contributed by atoms with E-state index in [0.29, 0.717) is 6.04 Å². The van der Waals surface area contributed by atoms with Gasteiger partial charge in [0.05, 0.1) is 7.11 Å². The largest absolute Gasteiger partial charge is 0.468 e. The lowest BCUT2D eigenvalue weighted by molar-refractivity contribution is -0.148. The quantitative estimate of drug-likeness (QED) is 0.576. The number of hydrogen-bond donors (Lipinski definition) is 1. The van der Waals surface area contributed by atoms with Crippen LogP contribution in [0.3, 0.4) is 0 Å². The SMILES string of the molecule is CNC(C)(CCCCN1CC(C)CCC1C)C(=O)OC. The number of nitrogens with one attached hydrogen (secondary N) is 1. The number of methoxy groups -OCH3 is 1. The Morgan fingerprint density at radius 2 is 2.05 bits per heavy atom. The van der Waals surface area contributed by atoms with Crippen molar-refractivity contribution < 1.29 is 9.53 Å². The van der Waals surface area contributed by atoms with Crippen LogP contribution in [0.5, 0.6) is 0 Å². The van der Waals surface area contributed by atoms with Crippen molar-refractivity contribution >= 4 is 5.97 Å². The molecule has 0 radical (unpaired) electrons. The lowest BCUT2D eigenvalue weighted by atomic mass is 9.93. The normalized spacial score (nSPS) is 27.1. The van der Waals surface area contributed by atoms with E-state index in [-0.39, 0.29) is 5.97 Å². The van der Waals surface area contributed by atoms with Crippen molar-refractivity contribution in [1.82, 2.24) is 10.2 Å². The summed E-state index contributed by atoms with van der Waals surface area (Å²) in [5.74, 6) is 0.656. The number of esters is 1. The fourth-order valence-electron chi connectivity index (χ4n) is 3.04. The highest BCUT2D eigenvalue weighted by Crippen LogP contribution is 2.22. The molecule has 1 fully saturated rings. The van der Waals surface area contributed by atoms with Gasteiger partial charge in [-0.3, -0.25) is 4.79 Å². The Labute approximate surface area is 124 Å². The highest BCUT2D eigenvalue weighted by Gasteiger charge is 2.31. The lowest BCUT2D eigenvalue weighted by Crippen LogP contribution is -2.48. The highest BCUT2D eigenvalue weighted by molar-refractivity contribution is 5.80. The van der Waals surface area contributed by atoms with Crippen LogP contribution in [0.2, 0.25) is 0 Å². The third kappa shape index (κ3) is 4.74. The van der Waals surface area contributed by atoms with Gasteiger partial charge in [-0.25, -0.2) is 0 Å². The predicted molar refractivity (Wildman–Crippen MR) is 82.8 cm³/mol. The van der Waals surface area contributed by atoms with E-state index in [1.165, 1.54) is 26.5 Å². The van der Waals surface area contributed by atoms with Gasteiger partial charge in [0.2, 0.25) is 0 Å². The van der Waals surface area contributed by atoms with Gasteiger partial charge in [-0.1, -0.05) is 6.92 Å². The van der Waals surface area contributed by atoms with E-state index < -0.39 is 5.54 Å². The minimum Gasteiger partial charge on any atom is -0.468 e. The van der Waals surface area contributed by atoms with Gasteiger partial charge in [0.25, 0.3) is 0 Å². The van der Waals surface area contributed by atoms with Gasteiger partial charge in [0.1, 0.15) is 5.54 Å². The molecule has 0 saturated carbocycles. The Bertz CT molecular complexity index is 309. The number of hydrogen-bond acceptors (Lipinski definition) is 4. The summed E-state index contributed by atoms with van der Waals surface area (Å²) in [6.45, 7) is 8.96. The van der Waals surface area contributed by atoms with E-state index in [1.54, 1.807) is 0 Å². The number of piperidine rings is 1. The van der Waals surface area contributed by atoms with Crippen molar-refractivity contribution in [2.24, 2.45) is 5.92 Å². The van der Waals surface area contributed by atoms with Gasteiger partial charge in [0.15, 0.2) is 0 Å². The monoisotopic (exact) mass is 284 g/mol. The van der Waals surface area contributed by atoms with Crippen LogP contribution in [0.4, 0.5) is 0 Å². The van der Waals surface area contributed by atoms with Gasteiger partial charge >= 0.3 is 5.97 Å². The molecule has 4 heteroatoms. The Balaban J connectivity index is 2.31. The molecular weight excluding hydrogens is 252 g/mol. The van der Waals surface area contributed by atoms with E-state index >= 15 is 0 Å². The number of unbranched alkanes of at least 4 members (excludes halogenated alkanes) is 1. The molecule has 1 aliphatic heterocycles. The van der Waals surface area contributed by atoms with E-state index in [4.69, 9.17) is 4.74 Å². The van der Waals surface area contributed by atoms with E-state index in [2.05, 4.69) is 24.1 Å². The Morgan fingerprint density at radius 3 is 2.65 bits per heavy atom. The van der Waals surface area contributed by atoms with Crippen LogP contribution in [0.1, 0.15) is 52.9 Å². The predicted octanol–water partition coefficient (Wildman–Crippen LogP) is 2.43. The van der Waals surface area contributed by atoms with Crippen LogP contribution in [0.15, 0.2) is 0 Å². The summed E-state index contributed by atoms with van der Waals surface area (Å²) < 4.78 is 4.87. The maximum absolute atomic E-state index is 11.8. The molecule has 0 aromatic rings. The van der Waals surface area contributed by atoms with Gasteiger partial charge in [-0.15, -0.1) is 0 Å². The van der Waals surface area contributed by atoms with Crippen molar-refractivity contribution in [3.8, 4) is 0 Å². The highest BCUT2D eigenvalue weighted by atomic mass is 16.5. The van der Waals surface area contributed by atoms with Crippen molar-refractivity contribution in [3.05, 3.63) is 0 Å². The number of rotatable bonds is 7. The first kappa shape index (κ1) is 17.4. The Morgan fingerprint density at radius 1 is 1.35 bits per heavy atom. The first-order valence-electron chi connectivity index (χ1n) is 7.94. The average molecular weight is 284 g/mol. The fourth-order valence-corrected chi connectivity index (χ4v) is 3.04. The molecule has 1 rings (SSSR count). The number of carbonyl (C=O) groups excluding carboxylic acids is 1. The standard InChI is InChI=1S/C16H32N2O2/c1-13-8-9-14(2)18(12-13)11-7-6-10-16(3,17-4)15(19)20-5/h13-14,17H,6-12H2,1-5H3. The van der Waals surface area contributed by atoms with Crippen LogP contribution < -0.4 is 5.32 Å². The molecule has 20 heavy (non-hydrogen) atoms. The van der Waals surface area contributed by atoms with Crippen molar-refractivity contribution in [2.45, 2.75) is 64.5 Å². The summed E-state index contributed by atoms with van der Waals surface area (Å²) in [6.07, 6.45) is 5.69. The van der Waals surface area contributed by atoms with Crippen molar-refractivity contribution in [1.29, 1.82) is 0 Å². The second-order valence-corrected chi connectivity index (χ2v) is 6.56. The number of ether oxygens (including phenoxy) is 1. The summed E-state index contributed by atoms with van der Waals surface area (Å²) in [5, 5.41) is 3.10. The van der Waals surface area contributed by atoms with Crippen LogP contribution in [0, 0.1) is 5.92 Å². The zero-order chi connectivity index (χ0) is 15.2. The molecule has 1 heterocycles. The van der Waals surface area contributed by atoms with Gasteiger partial charge < -0.3 is 15.0 Å². The number of nitrogens with zero attached hydrogens (tertiary/aromatic N) is 1. The smallest absolute Gasteiger partial charge is 0.325 e. The second kappa shape index (κ2) is 7.99. The zero-order valence-electron chi connectivity index (χ0n) is 13.9. The fraction of sp³-hybridized carbons (Fsp3) is 0.938. The minimum atomic E-state index is -0.546. The van der Waals surface area contributed by atoms with Gasteiger partial charge in [-0.2, -0.15) is 0 Å². The molecule has 0 spiro atoms. The topological polar surface area (TPSA) is 41.6 Å². The number of likely N-dealkylation sites (N-methyl/N-ethyl adjacent to an activating group) is 1. The molecule has 0 aliphatic carbocycles. The first-order chi connectivity index (χ1) is 9.42. The van der Waals surface area contributed by atoms with Crippen molar-refractivity contribution in [3.63, 3.8) is 0 Å². The summed E-state index contributed by atoms with van der Waals surface area (Å²) in [5.41, 5.74) is -0.546. The molecular formula is C16H32N2O2. The number of likely N-dealkylation sites (tertiary alicyclic amines) is 1. The minimum absolute atomic E-state index is 0.167. The molecule has 1 N–H and O–H groups in total. The Hall–Kier alpha value is -0.610. The zero-order valence-corrected chi connectivity index (χ0v) is 13.9. The molecule has 118 valence electrons. The molecule has 1 aliphatic rings. The summed E-state index contributed by atoms with van der Waals surface area (Å²) in [6, 6.07) is 0.711. The number of carbonyl (C=O) groups is 1. The van der Waals surface area contributed by atoms with E-state index in [9.17, 15) is 4.79 Å². The maximum atomic E-state index is 11.8. The lowest BCUT2D eigenvalue weighted by Gasteiger charge is -2.37. The molecule has 0 bridgehead atoms. The summed E-state index contributed by atoms with van der Waals surface area (Å²) in [4.78, 5) is 14.4. The molecule has 4 nitrogen and oxygen atoms in total. The van der Waals surface area contributed by atoms with Gasteiger partial charge in [0, 0.05) is 12.6 Å². The second-order valence-electron chi connectivity index (χ2n) is 6.56. The summed E-state index contributed by atoms with van der Waals surface area (Å²) in [7, 11) is 3.28. The van der Waals surface area contributed by atoms with Crippen LogP contribution in [-0.2, 0) is 9.53 Å². The van der Waals surface area contributed by atoms with E-state index in [1.807, 2.05) is 14.0 Å². The molecule has 3 atom stereocenters. The molecule has 3 unspecified atom stereocenters.